The Kier molecular flexibility index (Phi) is 5.59. The maximum Gasteiger partial charge on any atom is 0.263 e. The molecule has 0 saturated heterocycles. The number of halogens is 1. The van der Waals surface area contributed by atoms with E-state index in [9.17, 15) is 0 Å². The summed E-state index contributed by atoms with van der Waals surface area (Å²) in [6.45, 7) is 1.90. The van der Waals surface area contributed by atoms with Crippen LogP contribution < -0.4 is 5.43 Å². The molecule has 0 amide bonds. The molecule has 1 aromatic heterocycles. The highest BCUT2D eigenvalue weighted by Crippen LogP contribution is 2.28. The van der Waals surface area contributed by atoms with Gasteiger partial charge in [0.15, 0.2) is 0 Å². The lowest BCUT2D eigenvalue weighted by Gasteiger charge is -2.09. The number of nitrogens with one attached hydrogen (secondary N) is 1. The second-order valence-corrected chi connectivity index (χ2v) is 6.82. The third kappa shape index (κ3) is 4.47. The summed E-state index contributed by atoms with van der Waals surface area (Å²) in [4.78, 5) is 4.69. The first-order chi connectivity index (χ1) is 14.2. The topological polar surface area (TPSA) is 63.1 Å². The van der Waals surface area contributed by atoms with Crippen molar-refractivity contribution < 1.29 is 0 Å². The summed E-state index contributed by atoms with van der Waals surface area (Å²) >= 11 is 5.95. The lowest BCUT2D eigenvalue weighted by atomic mass is 10.0. The fourth-order valence-electron chi connectivity index (χ4n) is 2.85. The highest BCUT2D eigenvalue weighted by Gasteiger charge is 2.13. The van der Waals surface area contributed by atoms with Gasteiger partial charge in [0.25, 0.3) is 5.95 Å². The Labute approximate surface area is 174 Å². The fourth-order valence-corrected chi connectivity index (χ4v) is 2.98. The smallest absolute Gasteiger partial charge is 0.244 e. The number of hydrogen-bond donors (Lipinski definition) is 1. The summed E-state index contributed by atoms with van der Waals surface area (Å²) in [5.41, 5.74) is 8.05. The lowest BCUT2D eigenvalue weighted by Crippen LogP contribution is -2.05. The minimum Gasteiger partial charge on any atom is -0.244 e. The molecule has 0 atom stereocenters. The van der Waals surface area contributed by atoms with Gasteiger partial charge in [-0.25, -0.2) is 10.4 Å². The zero-order valence-electron chi connectivity index (χ0n) is 15.7. The Hall–Kier alpha value is -3.57. The van der Waals surface area contributed by atoms with Crippen LogP contribution in [-0.2, 0) is 0 Å². The highest BCUT2D eigenvalue weighted by atomic mass is 35.5. The number of anilines is 1. The van der Waals surface area contributed by atoms with Crippen molar-refractivity contribution in [3.8, 4) is 22.5 Å². The molecule has 4 rings (SSSR count). The summed E-state index contributed by atoms with van der Waals surface area (Å²) in [7, 11) is 0. The summed E-state index contributed by atoms with van der Waals surface area (Å²) in [6.07, 6.45) is 0. The van der Waals surface area contributed by atoms with Crippen LogP contribution in [0.25, 0.3) is 22.5 Å². The molecule has 1 heterocycles. The Morgan fingerprint density at radius 1 is 0.759 bits per heavy atom. The molecule has 29 heavy (non-hydrogen) atoms. The van der Waals surface area contributed by atoms with Crippen LogP contribution in [0.15, 0.2) is 90.0 Å². The first kappa shape index (κ1) is 18.8. The lowest BCUT2D eigenvalue weighted by molar-refractivity contribution is 0.972. The minimum atomic E-state index is 0.330. The maximum absolute atomic E-state index is 5.95. The van der Waals surface area contributed by atoms with Crippen LogP contribution in [0.3, 0.4) is 0 Å². The molecule has 0 saturated carbocycles. The van der Waals surface area contributed by atoms with Crippen LogP contribution in [0.1, 0.15) is 12.5 Å². The summed E-state index contributed by atoms with van der Waals surface area (Å²) in [6, 6.07) is 27.3. The zero-order valence-corrected chi connectivity index (χ0v) is 16.5. The number of benzene rings is 3. The number of hydrazone groups is 1. The molecule has 0 aliphatic rings. The van der Waals surface area contributed by atoms with Gasteiger partial charge in [-0.3, -0.25) is 0 Å². The maximum atomic E-state index is 5.95. The quantitative estimate of drug-likeness (QED) is 0.345. The van der Waals surface area contributed by atoms with Crippen molar-refractivity contribution in [2.24, 2.45) is 5.10 Å². The molecular formula is C23H18ClN5. The van der Waals surface area contributed by atoms with Gasteiger partial charge in [0.1, 0.15) is 11.4 Å². The van der Waals surface area contributed by atoms with Crippen molar-refractivity contribution in [3.05, 3.63) is 95.5 Å². The van der Waals surface area contributed by atoms with Crippen LogP contribution in [0.5, 0.6) is 0 Å². The molecule has 0 bridgehead atoms. The number of rotatable bonds is 5. The molecule has 5 nitrogen and oxygen atoms in total. The summed E-state index contributed by atoms with van der Waals surface area (Å²) in [5, 5.41) is 13.7. The van der Waals surface area contributed by atoms with Gasteiger partial charge in [0.05, 0.1) is 5.71 Å². The van der Waals surface area contributed by atoms with Gasteiger partial charge in [0, 0.05) is 16.1 Å². The highest BCUT2D eigenvalue weighted by molar-refractivity contribution is 6.30. The molecule has 0 radical (unpaired) electrons. The Morgan fingerprint density at radius 3 is 1.97 bits per heavy atom. The first-order valence-corrected chi connectivity index (χ1v) is 9.50. The minimum absolute atomic E-state index is 0.330. The van der Waals surface area contributed by atoms with Crippen LogP contribution in [0.4, 0.5) is 5.95 Å². The second kappa shape index (κ2) is 8.63. The average Bonchev–Trinajstić information content (AvgIpc) is 2.79. The van der Waals surface area contributed by atoms with Crippen LogP contribution >= 0.6 is 11.6 Å². The molecule has 142 valence electrons. The first-order valence-electron chi connectivity index (χ1n) is 9.12. The van der Waals surface area contributed by atoms with Gasteiger partial charge in [0.2, 0.25) is 0 Å². The third-order valence-corrected chi connectivity index (χ3v) is 4.62. The molecule has 0 unspecified atom stereocenters. The molecule has 4 aromatic rings. The average molecular weight is 400 g/mol. The monoisotopic (exact) mass is 399 g/mol. The Morgan fingerprint density at radius 2 is 1.34 bits per heavy atom. The van der Waals surface area contributed by atoms with E-state index in [2.05, 4.69) is 25.7 Å². The largest absolute Gasteiger partial charge is 0.263 e. The molecule has 3 aromatic carbocycles. The number of nitrogens with zero attached hydrogens (tertiary/aromatic N) is 4. The molecule has 0 aliphatic carbocycles. The normalized spacial score (nSPS) is 11.3. The van der Waals surface area contributed by atoms with Crippen molar-refractivity contribution in [3.63, 3.8) is 0 Å². The van der Waals surface area contributed by atoms with E-state index in [1.54, 1.807) is 0 Å². The standard InChI is InChI=1S/C23H18ClN5/c1-16(17-12-14-20(24)15-13-17)26-28-23-25-21(18-8-4-2-5-9-18)22(27-29-23)19-10-6-3-7-11-19/h2-15H,1H3,(H,25,28,29)/b26-16+. The summed E-state index contributed by atoms with van der Waals surface area (Å²) in [5.74, 6) is 0.330. The van der Waals surface area contributed by atoms with Crippen LogP contribution in [0, 0.1) is 0 Å². The fraction of sp³-hybridized carbons (Fsp3) is 0.0435. The summed E-state index contributed by atoms with van der Waals surface area (Å²) < 4.78 is 0. The number of aromatic nitrogens is 3. The van der Waals surface area contributed by atoms with Crippen molar-refractivity contribution in [2.45, 2.75) is 6.92 Å². The molecular weight excluding hydrogens is 382 g/mol. The second-order valence-electron chi connectivity index (χ2n) is 6.38. The van der Waals surface area contributed by atoms with Crippen molar-refractivity contribution in [1.29, 1.82) is 0 Å². The van der Waals surface area contributed by atoms with Crippen molar-refractivity contribution in [2.75, 3.05) is 5.43 Å². The van der Waals surface area contributed by atoms with Gasteiger partial charge in [-0.1, -0.05) is 84.4 Å². The third-order valence-electron chi connectivity index (χ3n) is 4.37. The van der Waals surface area contributed by atoms with Gasteiger partial charge < -0.3 is 0 Å². The molecule has 0 fully saturated rings. The van der Waals surface area contributed by atoms with E-state index in [1.165, 1.54) is 0 Å². The van der Waals surface area contributed by atoms with Crippen molar-refractivity contribution in [1.82, 2.24) is 15.2 Å². The predicted octanol–water partition coefficient (Wildman–Crippen LogP) is 5.70. The van der Waals surface area contributed by atoms with E-state index >= 15 is 0 Å². The van der Waals surface area contributed by atoms with Gasteiger partial charge in [-0.2, -0.15) is 5.10 Å². The van der Waals surface area contributed by atoms with E-state index in [0.717, 1.165) is 33.8 Å². The Balaban J connectivity index is 1.68. The predicted molar refractivity (Wildman–Crippen MR) is 118 cm³/mol. The van der Waals surface area contributed by atoms with E-state index < -0.39 is 0 Å². The molecule has 6 heteroatoms. The Bertz CT molecular complexity index is 1130. The van der Waals surface area contributed by atoms with Crippen LogP contribution in [-0.4, -0.2) is 20.9 Å². The SMILES string of the molecule is C/C(=N\Nc1nnc(-c2ccccc2)c(-c2ccccc2)n1)c1ccc(Cl)cc1. The van der Waals surface area contributed by atoms with Crippen molar-refractivity contribution >= 4 is 23.3 Å². The van der Waals surface area contributed by atoms with Gasteiger partial charge >= 0.3 is 0 Å². The van der Waals surface area contributed by atoms with Gasteiger partial charge in [-0.05, 0) is 24.6 Å². The number of hydrogen-bond acceptors (Lipinski definition) is 5. The van der Waals surface area contributed by atoms with E-state index in [-0.39, 0.29) is 0 Å². The van der Waals surface area contributed by atoms with E-state index in [4.69, 9.17) is 11.6 Å². The van der Waals surface area contributed by atoms with Crippen LogP contribution in [0.2, 0.25) is 5.02 Å². The van der Waals surface area contributed by atoms with Gasteiger partial charge in [-0.15, -0.1) is 10.2 Å². The van der Waals surface area contributed by atoms with E-state index in [0.29, 0.717) is 11.0 Å². The zero-order chi connectivity index (χ0) is 20.1. The molecule has 0 aliphatic heterocycles. The molecule has 1 N–H and O–H groups in total. The molecule has 0 spiro atoms. The van der Waals surface area contributed by atoms with E-state index in [1.807, 2.05) is 91.9 Å².